The lowest BCUT2D eigenvalue weighted by atomic mass is 10.1. The zero-order chi connectivity index (χ0) is 21.3. The summed E-state index contributed by atoms with van der Waals surface area (Å²) in [7, 11) is 1.68. The molecule has 0 aliphatic rings. The van der Waals surface area contributed by atoms with Gasteiger partial charge in [0, 0.05) is 24.4 Å². The lowest BCUT2D eigenvalue weighted by molar-refractivity contribution is 0.0940. The smallest absolute Gasteiger partial charge is 0.278 e. The minimum Gasteiger partial charge on any atom is -0.346 e. The molecule has 0 fully saturated rings. The predicted octanol–water partition coefficient (Wildman–Crippen LogP) is 3.79. The summed E-state index contributed by atoms with van der Waals surface area (Å²) in [5.41, 5.74) is 4.68. The molecule has 0 radical (unpaired) electrons. The fourth-order valence-electron chi connectivity index (χ4n) is 3.34. The molecule has 0 bridgehead atoms. The van der Waals surface area contributed by atoms with Crippen LogP contribution in [0.4, 0.5) is 0 Å². The van der Waals surface area contributed by atoms with E-state index in [0.29, 0.717) is 28.0 Å². The Bertz CT molecular complexity index is 1280. The van der Waals surface area contributed by atoms with Gasteiger partial charge in [0.25, 0.3) is 11.5 Å². The molecule has 2 aromatic carbocycles. The van der Waals surface area contributed by atoms with Crippen molar-refractivity contribution < 1.29 is 4.79 Å². The van der Waals surface area contributed by atoms with Crippen LogP contribution in [0.5, 0.6) is 0 Å². The maximum atomic E-state index is 12.7. The number of rotatable bonds is 4. The average molecular weight is 398 g/mol. The zero-order valence-electron chi connectivity index (χ0n) is 17.1. The first kappa shape index (κ1) is 19.5. The van der Waals surface area contributed by atoms with Crippen LogP contribution < -0.4 is 10.9 Å². The molecule has 0 aliphatic heterocycles. The van der Waals surface area contributed by atoms with E-state index in [1.54, 1.807) is 43.6 Å². The summed E-state index contributed by atoms with van der Waals surface area (Å²) in [6, 6.07) is 18.5. The van der Waals surface area contributed by atoms with E-state index in [0.717, 1.165) is 5.56 Å². The van der Waals surface area contributed by atoms with Crippen LogP contribution in [0.25, 0.3) is 22.4 Å². The molecule has 0 saturated carbocycles. The third-order valence-electron chi connectivity index (χ3n) is 5.17. The Hall–Kier alpha value is -3.80. The first-order valence-corrected chi connectivity index (χ1v) is 9.73. The van der Waals surface area contributed by atoms with Crippen LogP contribution in [0.1, 0.15) is 34.5 Å². The van der Waals surface area contributed by atoms with Crippen molar-refractivity contribution in [1.82, 2.24) is 19.9 Å². The normalized spacial score (nSPS) is 12.0. The quantitative estimate of drug-likeness (QED) is 0.567. The summed E-state index contributed by atoms with van der Waals surface area (Å²) in [6.45, 7) is 3.98. The van der Waals surface area contributed by atoms with Crippen LogP contribution in [-0.2, 0) is 7.05 Å². The SMILES string of the molecule is Cc1ccc(C(C)NC(=O)c2ccc(-c3nc4cccnc4n(C)c3=O)cc2)cc1. The van der Waals surface area contributed by atoms with Gasteiger partial charge in [0.1, 0.15) is 11.2 Å². The third-order valence-corrected chi connectivity index (χ3v) is 5.17. The number of fused-ring (bicyclic) bond motifs is 1. The van der Waals surface area contributed by atoms with E-state index in [4.69, 9.17) is 0 Å². The van der Waals surface area contributed by atoms with Crippen LogP contribution in [0.15, 0.2) is 71.7 Å². The summed E-state index contributed by atoms with van der Waals surface area (Å²) in [5, 5.41) is 3.01. The van der Waals surface area contributed by atoms with E-state index in [9.17, 15) is 9.59 Å². The minimum absolute atomic E-state index is 0.111. The second-order valence-electron chi connectivity index (χ2n) is 7.35. The van der Waals surface area contributed by atoms with E-state index in [-0.39, 0.29) is 17.5 Å². The van der Waals surface area contributed by atoms with Crippen LogP contribution >= 0.6 is 0 Å². The van der Waals surface area contributed by atoms with Gasteiger partial charge >= 0.3 is 0 Å². The minimum atomic E-state index is -0.230. The predicted molar refractivity (Wildman–Crippen MR) is 117 cm³/mol. The molecule has 4 rings (SSSR count). The number of amides is 1. The Morgan fingerprint density at radius 1 is 1.03 bits per heavy atom. The van der Waals surface area contributed by atoms with Gasteiger partial charge in [0.15, 0.2) is 5.65 Å². The van der Waals surface area contributed by atoms with Gasteiger partial charge in [-0.15, -0.1) is 0 Å². The van der Waals surface area contributed by atoms with Crippen LogP contribution in [0.2, 0.25) is 0 Å². The van der Waals surface area contributed by atoms with E-state index in [2.05, 4.69) is 15.3 Å². The number of nitrogens with one attached hydrogen (secondary N) is 1. The van der Waals surface area contributed by atoms with Crippen molar-refractivity contribution >= 4 is 17.1 Å². The van der Waals surface area contributed by atoms with Gasteiger partial charge in [0.2, 0.25) is 0 Å². The van der Waals surface area contributed by atoms with E-state index in [1.807, 2.05) is 44.2 Å². The maximum absolute atomic E-state index is 12.7. The Balaban J connectivity index is 1.58. The molecule has 6 heteroatoms. The van der Waals surface area contributed by atoms with Crippen LogP contribution in [-0.4, -0.2) is 20.4 Å². The monoisotopic (exact) mass is 398 g/mol. The summed E-state index contributed by atoms with van der Waals surface area (Å²) < 4.78 is 1.49. The number of hydrogen-bond acceptors (Lipinski definition) is 4. The molecule has 2 aromatic heterocycles. The highest BCUT2D eigenvalue weighted by molar-refractivity contribution is 5.95. The fraction of sp³-hybridized carbons (Fsp3) is 0.167. The molecule has 150 valence electrons. The lowest BCUT2D eigenvalue weighted by Gasteiger charge is -2.15. The van der Waals surface area contributed by atoms with Crippen molar-refractivity contribution in [1.29, 1.82) is 0 Å². The van der Waals surface area contributed by atoms with Gasteiger partial charge < -0.3 is 5.32 Å². The zero-order valence-corrected chi connectivity index (χ0v) is 17.1. The molecule has 0 spiro atoms. The molecule has 1 unspecified atom stereocenters. The van der Waals surface area contributed by atoms with E-state index in [1.165, 1.54) is 10.1 Å². The number of carbonyl (C=O) groups is 1. The molecule has 4 aromatic rings. The number of nitrogens with zero attached hydrogens (tertiary/aromatic N) is 3. The topological polar surface area (TPSA) is 76.9 Å². The van der Waals surface area contributed by atoms with Gasteiger partial charge in [-0.2, -0.15) is 0 Å². The fourth-order valence-corrected chi connectivity index (χ4v) is 3.34. The number of aryl methyl sites for hydroxylation is 2. The Morgan fingerprint density at radius 2 is 1.73 bits per heavy atom. The van der Waals surface area contributed by atoms with Crippen molar-refractivity contribution in [2.75, 3.05) is 0 Å². The third kappa shape index (κ3) is 3.72. The standard InChI is InChI=1S/C24H22N4O2/c1-15-6-8-17(9-7-15)16(2)26-23(29)19-12-10-18(11-13-19)21-24(30)28(3)22-20(27-21)5-4-14-25-22/h4-14,16H,1-3H3,(H,26,29). The summed E-state index contributed by atoms with van der Waals surface area (Å²) in [5.74, 6) is -0.168. The molecule has 6 nitrogen and oxygen atoms in total. The van der Waals surface area contributed by atoms with Gasteiger partial charge in [0.05, 0.1) is 6.04 Å². The highest BCUT2D eigenvalue weighted by atomic mass is 16.1. The van der Waals surface area contributed by atoms with Crippen molar-refractivity contribution in [2.45, 2.75) is 19.9 Å². The number of aromatic nitrogens is 3. The molecule has 0 saturated heterocycles. The first-order valence-electron chi connectivity index (χ1n) is 9.73. The summed E-state index contributed by atoms with van der Waals surface area (Å²) in [4.78, 5) is 34.0. The number of pyridine rings is 1. The molecule has 30 heavy (non-hydrogen) atoms. The van der Waals surface area contributed by atoms with E-state index >= 15 is 0 Å². The number of carbonyl (C=O) groups excluding carboxylic acids is 1. The highest BCUT2D eigenvalue weighted by Gasteiger charge is 2.14. The molecule has 0 aliphatic carbocycles. The Morgan fingerprint density at radius 3 is 2.43 bits per heavy atom. The number of hydrogen-bond donors (Lipinski definition) is 1. The largest absolute Gasteiger partial charge is 0.346 e. The molecule has 1 amide bonds. The van der Waals surface area contributed by atoms with Gasteiger partial charge in [-0.1, -0.05) is 42.0 Å². The van der Waals surface area contributed by atoms with Crippen LogP contribution in [0, 0.1) is 6.92 Å². The molecule has 1 N–H and O–H groups in total. The molecular formula is C24H22N4O2. The van der Waals surface area contributed by atoms with Crippen LogP contribution in [0.3, 0.4) is 0 Å². The van der Waals surface area contributed by atoms with Crippen molar-refractivity contribution in [3.05, 3.63) is 93.9 Å². The average Bonchev–Trinajstić information content (AvgIpc) is 2.77. The van der Waals surface area contributed by atoms with Gasteiger partial charge in [-0.3, -0.25) is 14.2 Å². The molecule has 1 atom stereocenters. The Kier molecular flexibility index (Phi) is 5.14. The molecule has 2 heterocycles. The number of benzene rings is 2. The maximum Gasteiger partial charge on any atom is 0.278 e. The first-order chi connectivity index (χ1) is 14.4. The Labute approximate surface area is 174 Å². The second-order valence-corrected chi connectivity index (χ2v) is 7.35. The second kappa shape index (κ2) is 7.91. The lowest BCUT2D eigenvalue weighted by Crippen LogP contribution is -2.26. The van der Waals surface area contributed by atoms with Gasteiger partial charge in [-0.25, -0.2) is 9.97 Å². The highest BCUT2D eigenvalue weighted by Crippen LogP contribution is 2.18. The van der Waals surface area contributed by atoms with Crippen molar-refractivity contribution in [3.8, 4) is 11.3 Å². The molecular weight excluding hydrogens is 376 g/mol. The van der Waals surface area contributed by atoms with E-state index < -0.39 is 0 Å². The van der Waals surface area contributed by atoms with Crippen molar-refractivity contribution in [2.24, 2.45) is 7.05 Å². The van der Waals surface area contributed by atoms with Gasteiger partial charge in [-0.05, 0) is 43.7 Å². The van der Waals surface area contributed by atoms with Crippen molar-refractivity contribution in [3.63, 3.8) is 0 Å². The summed E-state index contributed by atoms with van der Waals surface area (Å²) >= 11 is 0. The summed E-state index contributed by atoms with van der Waals surface area (Å²) in [6.07, 6.45) is 1.63.